The first kappa shape index (κ1) is 93.4. The van der Waals surface area contributed by atoms with Gasteiger partial charge in [-0.3, -0.25) is 33.6 Å². The predicted molar refractivity (Wildman–Crippen MR) is 505 cm³/mol. The van der Waals surface area contributed by atoms with Crippen molar-refractivity contribution in [2.75, 3.05) is 0 Å². The molecule has 2 aliphatic carbocycles. The maximum atomic E-state index is 14.5. The molecule has 26 nitrogen and oxygen atoms in total. The van der Waals surface area contributed by atoms with Gasteiger partial charge in [0.2, 0.25) is 5.91 Å². The van der Waals surface area contributed by atoms with Crippen molar-refractivity contribution < 1.29 is 77.3 Å². The lowest BCUT2D eigenvalue weighted by Crippen LogP contribution is -2.61. The van der Waals surface area contributed by atoms with Gasteiger partial charge in [0, 0.05) is 144 Å². The van der Waals surface area contributed by atoms with Gasteiger partial charge in [0.1, 0.15) is 29.5 Å². The van der Waals surface area contributed by atoms with Crippen LogP contribution in [-0.2, 0) is 52.5 Å². The fourth-order valence-electron chi connectivity index (χ4n) is 21.8. The Kier molecular flexibility index (Phi) is 26.8. The zero-order chi connectivity index (χ0) is 94.2. The van der Waals surface area contributed by atoms with E-state index in [0.29, 0.717) is 60.5 Å². The van der Waals surface area contributed by atoms with Gasteiger partial charge in [0.25, 0.3) is 12.4 Å². The number of carboxylic acids is 1. The van der Waals surface area contributed by atoms with E-state index in [4.69, 9.17) is 58.4 Å². The second-order valence-electron chi connectivity index (χ2n) is 37.3. The average molecular weight is 1780 g/mol. The molecular formula is C105H122N10O16. The SMILES string of the molecule is CCC1=C(C)C2=NC1=CC1=C(C)C3=C(O)CC(=C4NC(=C(c5ccc(C(=O)NC6OC(CC)C(C)C(C)C6OC(C)=O)cc5)C5=NC(=C2)C(C(C)C)=C5C)[C@@H](C)[C@@H]4CCC(=O)NC2OC(CC)C(C)C(OC(C)=O)C2OC(C)=O)C3=N1.CCC1=C(C)C2=NC1=CC1=C(C)C3=C(O)CC(=C4NC(=C(c5ccc(OC=O)cc5)C5=NC(=C2)C(C(C)C)=C5C)[C@@H](C)[C@@H]4CCC(=O)O)C3=N1. The lowest BCUT2D eigenvalue weighted by molar-refractivity contribution is -0.229. The fraction of sp³-hybridized carbons (Fsp3) is 0.457. The Morgan fingerprint density at radius 2 is 0.916 bits per heavy atom. The molecule has 4 saturated heterocycles. The number of hydrogen-bond donors (Lipinski definition) is 7. The van der Waals surface area contributed by atoms with E-state index in [1.807, 2.05) is 78.0 Å². The van der Waals surface area contributed by atoms with Crippen LogP contribution in [0.1, 0.15) is 238 Å². The first-order valence-corrected chi connectivity index (χ1v) is 46.3. The van der Waals surface area contributed by atoms with E-state index in [1.54, 1.807) is 24.3 Å². The minimum absolute atomic E-state index is 0.00294. The molecule has 0 aromatic heterocycles. The van der Waals surface area contributed by atoms with Crippen molar-refractivity contribution in [3.8, 4) is 5.75 Å². The summed E-state index contributed by atoms with van der Waals surface area (Å²) >= 11 is 0. The number of carbonyl (C=O) groups is 7. The van der Waals surface area contributed by atoms with Crippen molar-refractivity contribution in [2.45, 2.75) is 260 Å². The number of nitrogens with one attached hydrogen (secondary N) is 4. The molecule has 688 valence electrons. The summed E-state index contributed by atoms with van der Waals surface area (Å²) in [6.07, 6.45) is 7.14. The zero-order valence-electron chi connectivity index (χ0n) is 79.1. The Labute approximate surface area is 766 Å². The summed E-state index contributed by atoms with van der Waals surface area (Å²) in [4.78, 5) is 121. The van der Waals surface area contributed by atoms with E-state index in [9.17, 15) is 48.9 Å². The number of aliphatic carboxylic acids is 1. The molecule has 131 heavy (non-hydrogen) atoms. The molecule has 14 atom stereocenters. The second kappa shape index (κ2) is 37.5. The molecule has 12 heterocycles. The third kappa shape index (κ3) is 17.4. The van der Waals surface area contributed by atoms with Crippen molar-refractivity contribution in [1.82, 2.24) is 21.3 Å². The van der Waals surface area contributed by atoms with Crippen LogP contribution in [0.5, 0.6) is 5.75 Å². The Balaban J connectivity index is 0.000000224. The largest absolute Gasteiger partial charge is 0.511 e. The van der Waals surface area contributed by atoms with Crippen LogP contribution in [0.15, 0.2) is 249 Å². The summed E-state index contributed by atoms with van der Waals surface area (Å²) in [6, 6.07) is 14.8. The molecule has 2 amide bonds. The number of aliphatic hydroxyl groups excluding tert-OH is 2. The Hall–Kier alpha value is -12.3. The second-order valence-corrected chi connectivity index (χ2v) is 37.3. The molecule has 16 bridgehead atoms. The minimum Gasteiger partial charge on any atom is -0.511 e. The highest BCUT2D eigenvalue weighted by atomic mass is 16.6. The monoisotopic (exact) mass is 1780 g/mol. The number of carboxylic acid groups (broad SMARTS) is 1. The smallest absolute Gasteiger partial charge is 0.303 e. The number of benzene rings is 2. The molecular weight excluding hydrogens is 1660 g/mol. The van der Waals surface area contributed by atoms with E-state index in [-0.39, 0.29) is 102 Å². The van der Waals surface area contributed by atoms with Crippen molar-refractivity contribution >= 4 is 87.6 Å². The molecule has 2 aromatic rings. The number of carbonyl (C=O) groups excluding carboxylic acids is 6. The number of fused-ring (bicyclic) bond motifs is 10. The normalized spacial score (nSPS) is 27.2. The number of aliphatic hydroxyl groups is 2. The molecule has 7 N–H and O–H groups in total. The van der Waals surface area contributed by atoms with Crippen LogP contribution in [0.4, 0.5) is 0 Å². The van der Waals surface area contributed by atoms with Crippen molar-refractivity contribution in [2.24, 2.45) is 83.2 Å². The minimum atomic E-state index is -1.10. The highest BCUT2D eigenvalue weighted by Crippen LogP contribution is 2.53. The molecule has 0 radical (unpaired) electrons. The molecule has 26 heteroatoms. The first-order valence-electron chi connectivity index (χ1n) is 46.3. The standard InChI is InChI=1S/C64H80N6O11.C41H42N4O5/c1-16-41-31(8)44-27-47-52(28(4)5)35(12)56(67-47)54(39-19-21-40(22-20-39)62(76)70-63-60(78-37(14)72)30(7)29(6)49(17-2)80-63)55-32(9)42(57(69-55)43-25-48(74)53-33(10)45(66-58(43)53)26-46(41)65-44)23-24-51(75)68-64-61(79-38(15)73)59(77-36(13)71)34(11)50(18-3)81-64;1-8-26-20(4)29-17-32-35(19(2)3)23(7)39(44-32)37(24-9-11-25(12-10-24)50-18-46)38-21(5)27(13-14-34(48)49)40(45-38)28-15-33(47)36-22(6)30(43-41(28)36)16-31(26)42-29/h19-22,26-30,32,34,42,49-50,59-61,63-64,69,74H,16-18,23-25H2,1-15H3,(H,68,75)(H,70,76);9-12,16-19,21,27,45,47H,8,13-15H2,1-7H3,(H,48,49)/t29?,30?,32-,34?,42-,49?,50?,59?,60?,61?,63?,64?;21-,27-/m00/s1. The first-order chi connectivity index (χ1) is 62.4. The number of allylic oxidation sites excluding steroid dienone is 24. The molecule has 12 aliphatic heterocycles. The Bertz CT molecular complexity index is 6030. The van der Waals surface area contributed by atoms with Gasteiger partial charge in [-0.25, -0.2) is 30.0 Å². The van der Waals surface area contributed by atoms with E-state index < -0.39 is 60.7 Å². The summed E-state index contributed by atoms with van der Waals surface area (Å²) in [5, 5.41) is 47.0. The molecule has 4 fully saturated rings. The molecule has 0 spiro atoms. The lowest BCUT2D eigenvalue weighted by atomic mass is 9.82. The van der Waals surface area contributed by atoms with E-state index in [0.717, 1.165) is 194 Å². The van der Waals surface area contributed by atoms with Crippen LogP contribution < -0.4 is 26.0 Å². The fourth-order valence-corrected chi connectivity index (χ4v) is 21.8. The quantitative estimate of drug-likeness (QED) is 0.0327. The maximum Gasteiger partial charge on any atom is 0.303 e. The van der Waals surface area contributed by atoms with Crippen LogP contribution in [0, 0.1) is 53.3 Å². The summed E-state index contributed by atoms with van der Waals surface area (Å²) in [7, 11) is 0. The van der Waals surface area contributed by atoms with Crippen molar-refractivity contribution in [1.29, 1.82) is 0 Å². The van der Waals surface area contributed by atoms with Crippen LogP contribution in [0.25, 0.3) is 11.1 Å². The zero-order valence-corrected chi connectivity index (χ0v) is 79.1. The van der Waals surface area contributed by atoms with Crippen LogP contribution in [0.2, 0.25) is 0 Å². The van der Waals surface area contributed by atoms with Gasteiger partial charge in [-0.05, 0) is 213 Å². The van der Waals surface area contributed by atoms with Gasteiger partial charge in [0.05, 0.1) is 80.7 Å². The predicted octanol–water partition coefficient (Wildman–Crippen LogP) is 18.7. The van der Waals surface area contributed by atoms with Gasteiger partial charge in [0.15, 0.2) is 18.6 Å². The van der Waals surface area contributed by atoms with E-state index in [2.05, 4.69) is 123 Å². The van der Waals surface area contributed by atoms with Gasteiger partial charge in [-0.2, -0.15) is 0 Å². The number of esters is 3. The number of aliphatic imine (C=N–C) groups is 6. The number of rotatable bonds is 22. The molecule has 16 rings (SSSR count). The topological polar surface area (TPSA) is 358 Å². The molecule has 2 aromatic carbocycles. The van der Waals surface area contributed by atoms with Crippen molar-refractivity contribution in [3.05, 3.63) is 236 Å². The molecule has 14 aliphatic rings. The van der Waals surface area contributed by atoms with Gasteiger partial charge in [-0.15, -0.1) is 0 Å². The number of amides is 2. The van der Waals surface area contributed by atoms with Gasteiger partial charge >= 0.3 is 23.9 Å². The van der Waals surface area contributed by atoms with Crippen molar-refractivity contribution in [3.63, 3.8) is 0 Å². The summed E-state index contributed by atoms with van der Waals surface area (Å²) in [6.45, 7) is 43.9. The lowest BCUT2D eigenvalue weighted by Gasteiger charge is -2.44. The summed E-state index contributed by atoms with van der Waals surface area (Å²) in [5.41, 5.74) is 30.1. The number of ether oxygens (including phenoxy) is 6. The highest BCUT2D eigenvalue weighted by molar-refractivity contribution is 6.36. The number of nitrogens with zero attached hydrogens (tertiary/aromatic N) is 6. The highest BCUT2D eigenvalue weighted by Gasteiger charge is 2.51. The number of hydrogen-bond acceptors (Lipinski definition) is 23. The van der Waals surface area contributed by atoms with Crippen LogP contribution in [0.3, 0.4) is 0 Å². The van der Waals surface area contributed by atoms with Gasteiger partial charge < -0.3 is 65.0 Å². The van der Waals surface area contributed by atoms with E-state index in [1.165, 1.54) is 20.8 Å². The molecule has 0 saturated carbocycles. The maximum absolute atomic E-state index is 14.5. The van der Waals surface area contributed by atoms with Crippen LogP contribution >= 0.6 is 0 Å². The summed E-state index contributed by atoms with van der Waals surface area (Å²) in [5.74, 6) is -3.35. The van der Waals surface area contributed by atoms with Gasteiger partial charge in [-0.1, -0.05) is 114 Å². The van der Waals surface area contributed by atoms with E-state index >= 15 is 0 Å². The molecule has 10 unspecified atom stereocenters. The third-order valence-electron chi connectivity index (χ3n) is 28.6. The summed E-state index contributed by atoms with van der Waals surface area (Å²) < 4.78 is 35.2. The third-order valence-corrected chi connectivity index (χ3v) is 28.6. The van der Waals surface area contributed by atoms with Crippen LogP contribution in [-0.4, -0.2) is 135 Å². The average Bonchev–Trinajstić information content (AvgIpc) is 1.57. The Morgan fingerprint density at radius 3 is 1.34 bits per heavy atom. The Morgan fingerprint density at radius 1 is 0.489 bits per heavy atom.